The molecule has 0 spiro atoms. The lowest BCUT2D eigenvalue weighted by Gasteiger charge is -2.42. The number of carbonyl (C=O) groups is 3. The van der Waals surface area contributed by atoms with Crippen LogP contribution in [0.25, 0.3) is 10.9 Å². The fraction of sp³-hybridized carbons (Fsp3) is 0.455. The molecule has 14 nitrogen and oxygen atoms in total. The number of nitro benzene ring substituents is 1. The van der Waals surface area contributed by atoms with Crippen molar-refractivity contribution in [1.82, 2.24) is 19.7 Å². The summed E-state index contributed by atoms with van der Waals surface area (Å²) in [5.41, 5.74) is 1.13. The van der Waals surface area contributed by atoms with Crippen LogP contribution in [0.4, 0.5) is 16.2 Å². The van der Waals surface area contributed by atoms with Gasteiger partial charge in [-0.2, -0.15) is 0 Å². The Bertz CT molecular complexity index is 1590. The van der Waals surface area contributed by atoms with Gasteiger partial charge in [-0.15, -0.1) is 0 Å². The maximum atomic E-state index is 13.4. The van der Waals surface area contributed by atoms with E-state index in [1.165, 1.54) is 22.1 Å². The van der Waals surface area contributed by atoms with Crippen LogP contribution in [0.5, 0.6) is 0 Å². The van der Waals surface area contributed by atoms with Gasteiger partial charge in [0.2, 0.25) is 0 Å². The fourth-order valence-corrected chi connectivity index (χ4v) is 5.25. The summed E-state index contributed by atoms with van der Waals surface area (Å²) in [6, 6.07) is 12.6. The molecular weight excluding hydrogens is 608 g/mol. The number of nitro groups is 1. The molecule has 3 amide bonds. The second-order valence-electron chi connectivity index (χ2n) is 12.4. The molecule has 1 fully saturated rings. The summed E-state index contributed by atoms with van der Waals surface area (Å²) < 4.78 is 10.9. The van der Waals surface area contributed by atoms with Crippen molar-refractivity contribution in [2.24, 2.45) is 0 Å². The van der Waals surface area contributed by atoms with Gasteiger partial charge in [-0.1, -0.05) is 0 Å². The van der Waals surface area contributed by atoms with Crippen LogP contribution in [-0.2, 0) is 9.47 Å². The van der Waals surface area contributed by atoms with Crippen molar-refractivity contribution in [3.05, 3.63) is 76.0 Å². The zero-order valence-corrected chi connectivity index (χ0v) is 27.4. The third-order valence-corrected chi connectivity index (χ3v) is 7.78. The van der Waals surface area contributed by atoms with E-state index in [0.717, 1.165) is 0 Å². The molecule has 1 N–H and O–H groups in total. The second-order valence-corrected chi connectivity index (χ2v) is 12.4. The average Bonchev–Trinajstić information content (AvgIpc) is 3.05. The van der Waals surface area contributed by atoms with Crippen molar-refractivity contribution in [3.63, 3.8) is 0 Å². The SMILES string of the molecule is CN(CCOCCN(C)C(=O)c1ccc(C(=O)N2CCN(c3ccc([N+](=O)[O-])c4ncccc34)C(CO)C2)cc1)C(=O)OC(C)(C)C. The van der Waals surface area contributed by atoms with Crippen LogP contribution in [0.2, 0.25) is 0 Å². The first-order valence-corrected chi connectivity index (χ1v) is 15.4. The van der Waals surface area contributed by atoms with Gasteiger partial charge in [0, 0.05) is 81.3 Å². The van der Waals surface area contributed by atoms with E-state index in [1.54, 1.807) is 82.2 Å². The van der Waals surface area contributed by atoms with Gasteiger partial charge in [-0.3, -0.25) is 19.7 Å². The van der Waals surface area contributed by atoms with Crippen molar-refractivity contribution >= 4 is 40.2 Å². The Hall–Kier alpha value is -4.82. The Kier molecular flexibility index (Phi) is 11.3. The minimum atomic E-state index is -0.577. The van der Waals surface area contributed by atoms with Gasteiger partial charge in [-0.05, 0) is 63.2 Å². The molecule has 1 aliphatic heterocycles. The van der Waals surface area contributed by atoms with Gasteiger partial charge in [-0.25, -0.2) is 9.78 Å². The number of non-ortho nitro benzene ring substituents is 1. The highest BCUT2D eigenvalue weighted by Gasteiger charge is 2.32. The molecule has 3 aromatic rings. The number of ether oxygens (including phenoxy) is 2. The maximum absolute atomic E-state index is 13.4. The number of hydrogen-bond acceptors (Lipinski definition) is 10. The monoisotopic (exact) mass is 650 g/mol. The van der Waals surface area contributed by atoms with Gasteiger partial charge in [0.25, 0.3) is 17.5 Å². The predicted octanol–water partition coefficient (Wildman–Crippen LogP) is 3.42. The first-order chi connectivity index (χ1) is 22.3. The number of benzene rings is 2. The Morgan fingerprint density at radius 1 is 1.00 bits per heavy atom. The summed E-state index contributed by atoms with van der Waals surface area (Å²) in [5, 5.41) is 22.4. The predicted molar refractivity (Wildman–Crippen MR) is 176 cm³/mol. The molecular formula is C33H42N6O8. The smallest absolute Gasteiger partial charge is 0.410 e. The highest BCUT2D eigenvalue weighted by atomic mass is 16.6. The number of nitrogens with zero attached hydrogens (tertiary/aromatic N) is 6. The summed E-state index contributed by atoms with van der Waals surface area (Å²) in [4.78, 5) is 60.2. The Morgan fingerprint density at radius 3 is 2.30 bits per heavy atom. The first-order valence-electron chi connectivity index (χ1n) is 15.4. The summed E-state index contributed by atoms with van der Waals surface area (Å²) in [6.45, 7) is 7.44. The lowest BCUT2D eigenvalue weighted by molar-refractivity contribution is -0.383. The van der Waals surface area contributed by atoms with Gasteiger partial charge in [0.1, 0.15) is 11.1 Å². The zero-order chi connectivity index (χ0) is 34.3. The van der Waals surface area contributed by atoms with Gasteiger partial charge < -0.3 is 34.2 Å². The minimum absolute atomic E-state index is 0.0969. The summed E-state index contributed by atoms with van der Waals surface area (Å²) in [7, 11) is 3.30. The molecule has 4 rings (SSSR count). The van der Waals surface area contributed by atoms with E-state index in [1.807, 2.05) is 4.90 Å². The van der Waals surface area contributed by atoms with Crippen molar-refractivity contribution in [2.45, 2.75) is 32.4 Å². The van der Waals surface area contributed by atoms with E-state index in [2.05, 4.69) is 4.98 Å². The van der Waals surface area contributed by atoms with E-state index in [9.17, 15) is 29.6 Å². The van der Waals surface area contributed by atoms with Crippen LogP contribution in [0.3, 0.4) is 0 Å². The van der Waals surface area contributed by atoms with Gasteiger partial charge in [0.05, 0.1) is 30.8 Å². The molecule has 1 unspecified atom stereocenters. The number of likely N-dealkylation sites (N-methyl/N-ethyl adjacent to an activating group) is 2. The largest absolute Gasteiger partial charge is 0.444 e. The average molecular weight is 651 g/mol. The van der Waals surface area contributed by atoms with Crippen LogP contribution >= 0.6 is 0 Å². The molecule has 0 bridgehead atoms. The Labute approximate surface area is 273 Å². The van der Waals surface area contributed by atoms with Crippen molar-refractivity contribution in [1.29, 1.82) is 0 Å². The van der Waals surface area contributed by atoms with Crippen LogP contribution in [-0.4, -0.2) is 126 Å². The maximum Gasteiger partial charge on any atom is 0.410 e. The van der Waals surface area contributed by atoms with Crippen LogP contribution in [0.1, 0.15) is 41.5 Å². The first kappa shape index (κ1) is 35.0. The van der Waals surface area contributed by atoms with Crippen molar-refractivity contribution in [2.75, 3.05) is 71.5 Å². The minimum Gasteiger partial charge on any atom is -0.444 e. The van der Waals surface area contributed by atoms with Crippen LogP contribution in [0.15, 0.2) is 54.7 Å². The quantitative estimate of drug-likeness (QED) is 0.185. The lowest BCUT2D eigenvalue weighted by atomic mass is 10.1. The number of piperazine rings is 1. The van der Waals surface area contributed by atoms with Crippen molar-refractivity contribution in [3.8, 4) is 0 Å². The number of rotatable bonds is 11. The molecule has 1 saturated heterocycles. The van der Waals surface area contributed by atoms with Crippen molar-refractivity contribution < 1.29 is 33.9 Å². The third-order valence-electron chi connectivity index (χ3n) is 7.78. The van der Waals surface area contributed by atoms with E-state index in [-0.39, 0.29) is 42.8 Å². The molecule has 0 radical (unpaired) electrons. The number of amides is 3. The zero-order valence-electron chi connectivity index (χ0n) is 27.4. The summed E-state index contributed by atoms with van der Waals surface area (Å²) >= 11 is 0. The van der Waals surface area contributed by atoms with Gasteiger partial charge >= 0.3 is 6.09 Å². The summed E-state index contributed by atoms with van der Waals surface area (Å²) in [6.07, 6.45) is 1.07. The molecule has 2 heterocycles. The molecule has 0 aliphatic carbocycles. The molecule has 2 aromatic carbocycles. The number of aliphatic hydroxyl groups is 1. The number of carbonyl (C=O) groups excluding carboxylic acids is 3. The fourth-order valence-electron chi connectivity index (χ4n) is 5.25. The second kappa shape index (κ2) is 15.2. The number of pyridine rings is 1. The van der Waals surface area contributed by atoms with Crippen LogP contribution in [0, 0.1) is 10.1 Å². The highest BCUT2D eigenvalue weighted by molar-refractivity contribution is 5.99. The van der Waals surface area contributed by atoms with E-state index in [0.29, 0.717) is 55.0 Å². The standard InChI is InChI=1S/C33H42N6O8/c1-33(2,3)47-32(43)36(5)18-20-46-19-17-35(4)30(41)23-8-10-24(11-9-23)31(42)37-15-16-38(25(21-37)22-40)27-12-13-28(39(44)45)29-26(27)7-6-14-34-29/h6-14,25,40H,15-22H2,1-5H3. The number of hydrogen-bond donors (Lipinski definition) is 1. The molecule has 14 heteroatoms. The molecule has 1 atom stereocenters. The summed E-state index contributed by atoms with van der Waals surface area (Å²) in [5.74, 6) is -0.451. The van der Waals surface area contributed by atoms with E-state index in [4.69, 9.17) is 9.47 Å². The molecule has 1 aliphatic rings. The third kappa shape index (κ3) is 8.71. The Balaban J connectivity index is 1.30. The molecule has 1 aromatic heterocycles. The molecule has 252 valence electrons. The number of fused-ring (bicyclic) bond motifs is 1. The number of aromatic nitrogens is 1. The molecule has 0 saturated carbocycles. The Morgan fingerprint density at radius 2 is 1.66 bits per heavy atom. The molecule has 47 heavy (non-hydrogen) atoms. The van der Waals surface area contributed by atoms with E-state index < -0.39 is 22.7 Å². The topological polar surface area (TPSA) is 159 Å². The normalized spacial score (nSPS) is 15.0. The van der Waals surface area contributed by atoms with Crippen LogP contribution < -0.4 is 4.90 Å². The number of anilines is 1. The number of aliphatic hydroxyl groups excluding tert-OH is 1. The lowest BCUT2D eigenvalue weighted by Crippen LogP contribution is -2.56. The van der Waals surface area contributed by atoms with E-state index >= 15 is 0 Å². The highest BCUT2D eigenvalue weighted by Crippen LogP contribution is 2.34. The van der Waals surface area contributed by atoms with Gasteiger partial charge in [0.15, 0.2) is 0 Å².